The molecule has 25 heavy (non-hydrogen) atoms. The fourth-order valence-electron chi connectivity index (χ4n) is 2.84. The lowest BCUT2D eigenvalue weighted by atomic mass is 10.1. The zero-order chi connectivity index (χ0) is 17.8. The van der Waals surface area contributed by atoms with E-state index in [0.717, 1.165) is 53.4 Å². The second kappa shape index (κ2) is 7.38. The summed E-state index contributed by atoms with van der Waals surface area (Å²) in [5.41, 5.74) is 1.93. The average molecular weight is 341 g/mol. The number of pyridine rings is 1. The van der Waals surface area contributed by atoms with Gasteiger partial charge in [0.05, 0.1) is 14.2 Å². The molecule has 0 saturated carbocycles. The van der Waals surface area contributed by atoms with Gasteiger partial charge in [-0.3, -0.25) is 0 Å². The predicted octanol–water partition coefficient (Wildman–Crippen LogP) is 2.83. The number of nitrogens with one attached hydrogen (secondary N) is 1. The van der Waals surface area contributed by atoms with Crippen LogP contribution in [0.1, 0.15) is 18.3 Å². The summed E-state index contributed by atoms with van der Waals surface area (Å²) in [6.45, 7) is 5.74. The molecule has 2 aromatic heterocycles. The maximum Gasteiger partial charge on any atom is 0.148 e. The molecule has 7 nitrogen and oxygen atoms in total. The Bertz CT molecular complexity index is 875. The normalized spacial score (nSPS) is 10.9. The highest BCUT2D eigenvalue weighted by atomic mass is 16.5. The van der Waals surface area contributed by atoms with Crippen LogP contribution in [0.15, 0.2) is 24.5 Å². The van der Waals surface area contributed by atoms with Gasteiger partial charge >= 0.3 is 0 Å². The maximum absolute atomic E-state index is 5.48. The lowest BCUT2D eigenvalue weighted by molar-refractivity contribution is 0.397. The molecular weight excluding hydrogens is 318 g/mol. The number of anilines is 1. The van der Waals surface area contributed by atoms with Gasteiger partial charge in [0.2, 0.25) is 0 Å². The summed E-state index contributed by atoms with van der Waals surface area (Å²) in [4.78, 5) is 4.71. The lowest BCUT2D eigenvalue weighted by Gasteiger charge is -2.13. The Hall–Kier alpha value is -2.83. The SMILES string of the molecule is CCn1cnnc1CCNc1cc(C)c2cc(OC)cc(OC)c2n1. The summed E-state index contributed by atoms with van der Waals surface area (Å²) in [6, 6.07) is 5.86. The van der Waals surface area contributed by atoms with Crippen molar-refractivity contribution >= 4 is 16.7 Å². The fourth-order valence-corrected chi connectivity index (χ4v) is 2.84. The smallest absolute Gasteiger partial charge is 0.148 e. The molecule has 3 rings (SSSR count). The summed E-state index contributed by atoms with van der Waals surface area (Å²) in [5, 5.41) is 12.5. The summed E-state index contributed by atoms with van der Waals surface area (Å²) in [6.07, 6.45) is 2.54. The first-order valence-corrected chi connectivity index (χ1v) is 8.30. The van der Waals surface area contributed by atoms with Crippen LogP contribution in [0.25, 0.3) is 10.9 Å². The van der Waals surface area contributed by atoms with Gasteiger partial charge in [-0.15, -0.1) is 10.2 Å². The zero-order valence-corrected chi connectivity index (χ0v) is 15.0. The fraction of sp³-hybridized carbons (Fsp3) is 0.389. The van der Waals surface area contributed by atoms with E-state index in [4.69, 9.17) is 14.5 Å². The van der Waals surface area contributed by atoms with Crippen molar-refractivity contribution < 1.29 is 9.47 Å². The Kier molecular flexibility index (Phi) is 5.02. The van der Waals surface area contributed by atoms with Crippen molar-refractivity contribution in [3.63, 3.8) is 0 Å². The highest BCUT2D eigenvalue weighted by molar-refractivity contribution is 5.90. The standard InChI is InChI=1S/C18H23N5O2/c1-5-23-11-20-22-17(23)6-7-19-16-8-12(2)14-9-13(24-3)10-15(25-4)18(14)21-16/h8-11H,5-7H2,1-4H3,(H,19,21). The molecule has 1 N–H and O–H groups in total. The molecule has 0 aliphatic rings. The number of hydrogen-bond acceptors (Lipinski definition) is 6. The van der Waals surface area contributed by atoms with Crippen molar-refractivity contribution in [1.29, 1.82) is 0 Å². The van der Waals surface area contributed by atoms with Crippen LogP contribution in [0, 0.1) is 6.92 Å². The molecule has 0 aliphatic carbocycles. The van der Waals surface area contributed by atoms with Crippen LogP contribution in [0.5, 0.6) is 11.5 Å². The molecule has 0 bridgehead atoms. The van der Waals surface area contributed by atoms with E-state index in [1.165, 1.54) is 0 Å². The Balaban J connectivity index is 1.82. The van der Waals surface area contributed by atoms with Crippen molar-refractivity contribution in [2.24, 2.45) is 0 Å². The molecule has 0 atom stereocenters. The van der Waals surface area contributed by atoms with E-state index < -0.39 is 0 Å². The second-order valence-electron chi connectivity index (χ2n) is 5.76. The Morgan fingerprint density at radius 1 is 1.16 bits per heavy atom. The number of nitrogens with zero attached hydrogens (tertiary/aromatic N) is 4. The van der Waals surface area contributed by atoms with Crippen LogP contribution < -0.4 is 14.8 Å². The first-order valence-electron chi connectivity index (χ1n) is 8.30. The molecule has 132 valence electrons. The van der Waals surface area contributed by atoms with E-state index in [9.17, 15) is 0 Å². The van der Waals surface area contributed by atoms with Gasteiger partial charge in [0, 0.05) is 31.0 Å². The van der Waals surface area contributed by atoms with Crippen molar-refractivity contribution in [3.05, 3.63) is 35.9 Å². The minimum Gasteiger partial charge on any atom is -0.497 e. The van der Waals surface area contributed by atoms with Crippen LogP contribution in [0.4, 0.5) is 5.82 Å². The molecular formula is C18H23N5O2. The monoisotopic (exact) mass is 341 g/mol. The molecule has 0 spiro atoms. The van der Waals surface area contributed by atoms with Crippen LogP contribution in [-0.4, -0.2) is 40.5 Å². The first-order chi connectivity index (χ1) is 12.2. The highest BCUT2D eigenvalue weighted by Crippen LogP contribution is 2.32. The first kappa shape index (κ1) is 17.0. The third-order valence-corrected chi connectivity index (χ3v) is 4.21. The van der Waals surface area contributed by atoms with Gasteiger partial charge in [0.25, 0.3) is 0 Å². The molecule has 0 saturated heterocycles. The maximum atomic E-state index is 5.48. The predicted molar refractivity (Wildman–Crippen MR) is 97.5 cm³/mol. The Morgan fingerprint density at radius 2 is 2.00 bits per heavy atom. The van der Waals surface area contributed by atoms with Gasteiger partial charge in [-0.25, -0.2) is 4.98 Å². The molecule has 0 fully saturated rings. The average Bonchev–Trinajstić information content (AvgIpc) is 3.08. The van der Waals surface area contributed by atoms with Gasteiger partial charge in [0.15, 0.2) is 0 Å². The van der Waals surface area contributed by atoms with Crippen LogP contribution >= 0.6 is 0 Å². The molecule has 0 unspecified atom stereocenters. The molecule has 7 heteroatoms. The number of rotatable bonds is 7. The van der Waals surface area contributed by atoms with E-state index in [0.29, 0.717) is 5.75 Å². The molecule has 2 heterocycles. The number of hydrogen-bond donors (Lipinski definition) is 1. The zero-order valence-electron chi connectivity index (χ0n) is 15.0. The Labute approximate surface area is 147 Å². The van der Waals surface area contributed by atoms with Gasteiger partial charge in [-0.1, -0.05) is 0 Å². The molecule has 0 radical (unpaired) electrons. The van der Waals surface area contributed by atoms with Crippen molar-refractivity contribution in [1.82, 2.24) is 19.7 Å². The molecule has 0 aliphatic heterocycles. The number of fused-ring (bicyclic) bond motifs is 1. The number of methoxy groups -OCH3 is 2. The van der Waals surface area contributed by atoms with E-state index in [-0.39, 0.29) is 0 Å². The summed E-state index contributed by atoms with van der Waals surface area (Å²) >= 11 is 0. The summed E-state index contributed by atoms with van der Waals surface area (Å²) in [5.74, 6) is 3.24. The van der Waals surface area contributed by atoms with Crippen molar-refractivity contribution in [2.45, 2.75) is 26.8 Å². The number of aryl methyl sites for hydroxylation is 2. The van der Waals surface area contributed by atoms with Gasteiger partial charge < -0.3 is 19.4 Å². The third-order valence-electron chi connectivity index (χ3n) is 4.21. The van der Waals surface area contributed by atoms with Crippen molar-refractivity contribution in [2.75, 3.05) is 26.1 Å². The molecule has 1 aromatic carbocycles. The van der Waals surface area contributed by atoms with Crippen LogP contribution in [0.2, 0.25) is 0 Å². The largest absolute Gasteiger partial charge is 0.497 e. The van der Waals surface area contributed by atoms with Gasteiger partial charge in [-0.2, -0.15) is 0 Å². The molecule has 3 aromatic rings. The quantitative estimate of drug-likeness (QED) is 0.712. The van der Waals surface area contributed by atoms with E-state index in [1.54, 1.807) is 20.5 Å². The number of benzene rings is 1. The summed E-state index contributed by atoms with van der Waals surface area (Å²) < 4.78 is 12.9. The Morgan fingerprint density at radius 3 is 2.72 bits per heavy atom. The second-order valence-corrected chi connectivity index (χ2v) is 5.76. The van der Waals surface area contributed by atoms with Crippen LogP contribution in [0.3, 0.4) is 0 Å². The third kappa shape index (κ3) is 3.50. The van der Waals surface area contributed by atoms with Gasteiger partial charge in [-0.05, 0) is 31.5 Å². The minimum atomic E-state index is 0.701. The highest BCUT2D eigenvalue weighted by Gasteiger charge is 2.11. The van der Waals surface area contributed by atoms with E-state index in [2.05, 4.69) is 29.4 Å². The number of ether oxygens (including phenoxy) is 2. The van der Waals surface area contributed by atoms with Crippen molar-refractivity contribution in [3.8, 4) is 11.5 Å². The number of aromatic nitrogens is 4. The van der Waals surface area contributed by atoms with E-state index in [1.807, 2.05) is 22.8 Å². The summed E-state index contributed by atoms with van der Waals surface area (Å²) in [7, 11) is 3.29. The topological polar surface area (TPSA) is 74.1 Å². The molecule has 0 amide bonds. The lowest BCUT2D eigenvalue weighted by Crippen LogP contribution is -2.11. The van der Waals surface area contributed by atoms with Crippen LogP contribution in [-0.2, 0) is 13.0 Å². The van der Waals surface area contributed by atoms with E-state index >= 15 is 0 Å². The van der Waals surface area contributed by atoms with Gasteiger partial charge in [0.1, 0.15) is 35.0 Å². The minimum absolute atomic E-state index is 0.701.